The zero-order chi connectivity index (χ0) is 17.1. The molecule has 0 aliphatic carbocycles. The number of ether oxygens (including phenoxy) is 5. The van der Waals surface area contributed by atoms with Gasteiger partial charge in [-0.05, 0) is 37.1 Å². The Morgan fingerprint density at radius 3 is 2.88 bits per heavy atom. The lowest BCUT2D eigenvalue weighted by molar-refractivity contribution is 0.0644. The van der Waals surface area contributed by atoms with Crippen LogP contribution in [0, 0.1) is 0 Å². The van der Waals surface area contributed by atoms with Crippen molar-refractivity contribution in [3.63, 3.8) is 0 Å². The van der Waals surface area contributed by atoms with Gasteiger partial charge in [0.15, 0.2) is 11.5 Å². The Morgan fingerprint density at radius 1 is 1.12 bits per heavy atom. The van der Waals surface area contributed by atoms with E-state index < -0.39 is 5.97 Å². The van der Waals surface area contributed by atoms with Gasteiger partial charge in [-0.15, -0.1) is 0 Å². The predicted molar refractivity (Wildman–Crippen MR) is 88.4 cm³/mol. The molecule has 2 aromatic carbocycles. The van der Waals surface area contributed by atoms with E-state index in [0.717, 1.165) is 19.4 Å². The molecule has 2 aliphatic rings. The van der Waals surface area contributed by atoms with Crippen molar-refractivity contribution in [1.29, 1.82) is 0 Å². The Hall–Kier alpha value is -2.73. The largest absolute Gasteiger partial charge is 0.490 e. The first kappa shape index (κ1) is 15.8. The molecule has 0 aromatic heterocycles. The van der Waals surface area contributed by atoms with Gasteiger partial charge in [0.1, 0.15) is 23.7 Å². The lowest BCUT2D eigenvalue weighted by Crippen LogP contribution is -2.18. The number of carbonyl (C=O) groups excluding carboxylic acids is 1. The summed E-state index contributed by atoms with van der Waals surface area (Å²) in [5, 5.41) is 0. The lowest BCUT2D eigenvalue weighted by Gasteiger charge is -2.14. The average Bonchev–Trinajstić information content (AvgIpc) is 3.31. The molecule has 1 atom stereocenters. The first-order valence-corrected chi connectivity index (χ1v) is 8.25. The lowest BCUT2D eigenvalue weighted by atomic mass is 10.2. The molecule has 2 aliphatic heterocycles. The maximum absolute atomic E-state index is 12.5. The highest BCUT2D eigenvalue weighted by Crippen LogP contribution is 2.35. The summed E-state index contributed by atoms with van der Waals surface area (Å²) in [5.74, 6) is 1.60. The molecule has 0 bridgehead atoms. The topological polar surface area (TPSA) is 63.2 Å². The molecule has 0 spiro atoms. The summed E-state index contributed by atoms with van der Waals surface area (Å²) in [5.41, 5.74) is 0.373. The van der Waals surface area contributed by atoms with Gasteiger partial charge in [-0.1, -0.05) is 12.1 Å². The Balaban J connectivity index is 1.46. The minimum absolute atomic E-state index is 0.0814. The summed E-state index contributed by atoms with van der Waals surface area (Å²) in [6.45, 7) is 1.36. The molecular weight excluding hydrogens is 324 g/mol. The Morgan fingerprint density at radius 2 is 2.00 bits per heavy atom. The monoisotopic (exact) mass is 342 g/mol. The van der Waals surface area contributed by atoms with Crippen molar-refractivity contribution in [2.45, 2.75) is 18.9 Å². The zero-order valence-corrected chi connectivity index (χ0v) is 13.6. The van der Waals surface area contributed by atoms with Crippen LogP contribution in [-0.2, 0) is 4.74 Å². The van der Waals surface area contributed by atoms with Crippen molar-refractivity contribution in [3.05, 3.63) is 48.0 Å². The Bertz CT molecular complexity index is 766. The van der Waals surface area contributed by atoms with E-state index in [9.17, 15) is 4.79 Å². The quantitative estimate of drug-likeness (QED) is 0.614. The van der Waals surface area contributed by atoms with Gasteiger partial charge in [-0.25, -0.2) is 4.79 Å². The highest BCUT2D eigenvalue weighted by Gasteiger charge is 2.20. The van der Waals surface area contributed by atoms with Crippen LogP contribution < -0.4 is 18.9 Å². The summed E-state index contributed by atoms with van der Waals surface area (Å²) in [6.07, 6.45) is 2.10. The molecule has 1 fully saturated rings. The SMILES string of the molecule is O=C(Oc1ccc2c(c1)OCO2)c1ccccc1OC[C@H]1CCCO1. The average molecular weight is 342 g/mol. The van der Waals surface area contributed by atoms with Crippen LogP contribution in [0.15, 0.2) is 42.5 Å². The predicted octanol–water partition coefficient (Wildman–Crippen LogP) is 3.19. The van der Waals surface area contributed by atoms with Crippen molar-refractivity contribution >= 4 is 5.97 Å². The van der Waals surface area contributed by atoms with Crippen LogP contribution in [0.25, 0.3) is 0 Å². The van der Waals surface area contributed by atoms with Crippen LogP contribution in [0.4, 0.5) is 0 Å². The molecule has 0 amide bonds. The molecule has 25 heavy (non-hydrogen) atoms. The summed E-state index contributed by atoms with van der Waals surface area (Å²) in [6, 6.07) is 12.0. The summed E-state index contributed by atoms with van der Waals surface area (Å²) >= 11 is 0. The Kier molecular flexibility index (Phi) is 4.43. The molecule has 0 unspecified atom stereocenters. The van der Waals surface area contributed by atoms with Gasteiger partial charge in [0, 0.05) is 12.7 Å². The maximum Gasteiger partial charge on any atom is 0.347 e. The number of hydrogen-bond acceptors (Lipinski definition) is 6. The number of para-hydroxylation sites is 1. The van der Waals surface area contributed by atoms with E-state index in [4.69, 9.17) is 23.7 Å². The second-order valence-corrected chi connectivity index (χ2v) is 5.85. The molecule has 0 radical (unpaired) electrons. The van der Waals surface area contributed by atoms with E-state index in [-0.39, 0.29) is 12.9 Å². The highest BCUT2D eigenvalue weighted by molar-refractivity contribution is 5.94. The fourth-order valence-electron chi connectivity index (χ4n) is 2.82. The van der Waals surface area contributed by atoms with E-state index in [2.05, 4.69) is 0 Å². The standard InChI is InChI=1S/C19H18O6/c20-19(25-13-7-8-17-18(10-13)24-12-23-17)15-5-1-2-6-16(15)22-11-14-4-3-9-21-14/h1-2,5-8,10,14H,3-4,9,11-12H2/t14-/m1/s1. The van der Waals surface area contributed by atoms with E-state index >= 15 is 0 Å². The van der Waals surface area contributed by atoms with Crippen LogP contribution >= 0.6 is 0 Å². The zero-order valence-electron chi connectivity index (χ0n) is 13.6. The molecular formula is C19H18O6. The maximum atomic E-state index is 12.5. The van der Waals surface area contributed by atoms with Gasteiger partial charge in [0.05, 0.1) is 6.10 Å². The van der Waals surface area contributed by atoms with Crippen LogP contribution in [0.3, 0.4) is 0 Å². The second kappa shape index (κ2) is 7.03. The minimum atomic E-state index is -0.484. The van der Waals surface area contributed by atoms with E-state index in [1.54, 1.807) is 36.4 Å². The van der Waals surface area contributed by atoms with Crippen molar-refractivity contribution in [2.75, 3.05) is 20.0 Å². The van der Waals surface area contributed by atoms with Gasteiger partial charge < -0.3 is 23.7 Å². The summed E-state index contributed by atoms with van der Waals surface area (Å²) in [4.78, 5) is 12.5. The van der Waals surface area contributed by atoms with Crippen LogP contribution in [0.1, 0.15) is 23.2 Å². The summed E-state index contributed by atoms with van der Waals surface area (Å²) < 4.78 is 27.3. The first-order valence-electron chi connectivity index (χ1n) is 8.25. The third-order valence-corrected chi connectivity index (χ3v) is 4.11. The molecule has 2 aromatic rings. The van der Waals surface area contributed by atoms with Crippen LogP contribution in [0.5, 0.6) is 23.0 Å². The van der Waals surface area contributed by atoms with Gasteiger partial charge in [-0.2, -0.15) is 0 Å². The fraction of sp³-hybridized carbons (Fsp3) is 0.316. The molecule has 4 rings (SSSR count). The Labute approximate surface area is 145 Å². The van der Waals surface area contributed by atoms with Crippen LogP contribution in [0.2, 0.25) is 0 Å². The van der Waals surface area contributed by atoms with Gasteiger partial charge in [0.25, 0.3) is 0 Å². The van der Waals surface area contributed by atoms with E-state index in [1.807, 2.05) is 6.07 Å². The minimum Gasteiger partial charge on any atom is -0.490 e. The number of esters is 1. The molecule has 6 heteroatoms. The third-order valence-electron chi connectivity index (χ3n) is 4.11. The number of carbonyl (C=O) groups is 1. The fourth-order valence-corrected chi connectivity index (χ4v) is 2.82. The van der Waals surface area contributed by atoms with E-state index in [1.165, 1.54) is 0 Å². The molecule has 0 saturated carbocycles. The van der Waals surface area contributed by atoms with Crippen molar-refractivity contribution < 1.29 is 28.5 Å². The van der Waals surface area contributed by atoms with Gasteiger partial charge in [-0.3, -0.25) is 0 Å². The van der Waals surface area contributed by atoms with Gasteiger partial charge >= 0.3 is 5.97 Å². The molecule has 130 valence electrons. The summed E-state index contributed by atoms with van der Waals surface area (Å²) in [7, 11) is 0. The number of rotatable bonds is 5. The number of hydrogen-bond donors (Lipinski definition) is 0. The van der Waals surface area contributed by atoms with Crippen LogP contribution in [-0.4, -0.2) is 32.1 Å². The molecule has 2 heterocycles. The van der Waals surface area contributed by atoms with Gasteiger partial charge in [0.2, 0.25) is 6.79 Å². The number of fused-ring (bicyclic) bond motifs is 1. The molecule has 0 N–H and O–H groups in total. The normalized spacial score (nSPS) is 18.2. The molecule has 1 saturated heterocycles. The third kappa shape index (κ3) is 3.53. The first-order chi connectivity index (χ1) is 12.3. The van der Waals surface area contributed by atoms with E-state index in [0.29, 0.717) is 35.2 Å². The van der Waals surface area contributed by atoms with Crippen molar-refractivity contribution in [3.8, 4) is 23.0 Å². The number of benzene rings is 2. The smallest absolute Gasteiger partial charge is 0.347 e. The van der Waals surface area contributed by atoms with Crippen molar-refractivity contribution in [2.24, 2.45) is 0 Å². The second-order valence-electron chi connectivity index (χ2n) is 5.85. The molecule has 6 nitrogen and oxygen atoms in total. The van der Waals surface area contributed by atoms with Crippen molar-refractivity contribution in [1.82, 2.24) is 0 Å². The highest BCUT2D eigenvalue weighted by atomic mass is 16.7.